The van der Waals surface area contributed by atoms with E-state index in [9.17, 15) is 4.79 Å². The van der Waals surface area contributed by atoms with E-state index in [1.807, 2.05) is 24.3 Å². The number of nitrogens with one attached hydrogen (secondary N) is 1. The summed E-state index contributed by atoms with van der Waals surface area (Å²) < 4.78 is 1.18. The van der Waals surface area contributed by atoms with E-state index in [-0.39, 0.29) is 6.04 Å². The second kappa shape index (κ2) is 5.07. The Morgan fingerprint density at radius 1 is 1.47 bits per heavy atom. The molecule has 1 atom stereocenters. The maximum atomic E-state index is 11.9. The van der Waals surface area contributed by atoms with Gasteiger partial charge in [-0.15, -0.1) is 0 Å². The monoisotopic (exact) mass is 315 g/mol. The molecule has 15 heavy (non-hydrogen) atoms. The van der Waals surface area contributed by atoms with E-state index < -0.39 is 0 Å². The van der Waals surface area contributed by atoms with Gasteiger partial charge in [0.1, 0.15) is 0 Å². The summed E-state index contributed by atoms with van der Waals surface area (Å²) >= 11 is 2.28. The Hall–Kier alpha value is -0.420. The van der Waals surface area contributed by atoms with Crippen molar-refractivity contribution >= 4 is 28.4 Å². The zero-order valence-corrected chi connectivity index (χ0v) is 10.7. The molecule has 1 saturated heterocycles. The third-order valence-corrected chi connectivity index (χ3v) is 3.82. The normalized spacial score (nSPS) is 20.5. The van der Waals surface area contributed by atoms with E-state index in [4.69, 9.17) is 0 Å². The molecule has 1 heterocycles. The van der Waals surface area contributed by atoms with Crippen molar-refractivity contribution in [2.24, 2.45) is 0 Å². The number of benzene rings is 1. The lowest BCUT2D eigenvalue weighted by Crippen LogP contribution is -2.32. The average molecular weight is 315 g/mol. The van der Waals surface area contributed by atoms with Crippen LogP contribution in [0.15, 0.2) is 24.3 Å². The van der Waals surface area contributed by atoms with Crippen LogP contribution in [-0.2, 0) is 11.2 Å². The van der Waals surface area contributed by atoms with Crippen molar-refractivity contribution in [3.05, 3.63) is 33.4 Å². The summed E-state index contributed by atoms with van der Waals surface area (Å²) in [7, 11) is 0. The predicted octanol–water partition coefficient (Wildman–Crippen LogP) is 2.15. The van der Waals surface area contributed by atoms with Crippen LogP contribution in [0.1, 0.15) is 18.4 Å². The van der Waals surface area contributed by atoms with Crippen molar-refractivity contribution in [1.29, 1.82) is 0 Å². The van der Waals surface area contributed by atoms with Gasteiger partial charge in [-0.05, 0) is 53.6 Å². The number of rotatable bonds is 3. The van der Waals surface area contributed by atoms with Crippen LogP contribution in [-0.4, -0.2) is 18.4 Å². The molecule has 0 radical (unpaired) electrons. The van der Waals surface area contributed by atoms with Crippen LogP contribution in [0.3, 0.4) is 0 Å². The molecule has 1 unspecified atom stereocenters. The molecule has 2 nitrogen and oxygen atoms in total. The average Bonchev–Trinajstić information content (AvgIpc) is 2.74. The Kier molecular flexibility index (Phi) is 3.75. The van der Waals surface area contributed by atoms with Crippen molar-refractivity contribution in [2.75, 3.05) is 6.54 Å². The fourth-order valence-corrected chi connectivity index (χ4v) is 2.49. The molecule has 0 spiro atoms. The molecule has 0 bridgehead atoms. The van der Waals surface area contributed by atoms with Gasteiger partial charge in [0, 0.05) is 9.99 Å². The second-order valence-corrected chi connectivity index (χ2v) is 5.05. The first-order valence-corrected chi connectivity index (χ1v) is 6.35. The molecule has 0 aromatic heterocycles. The van der Waals surface area contributed by atoms with Gasteiger partial charge in [-0.25, -0.2) is 0 Å². The maximum Gasteiger partial charge on any atom is 0.154 e. The van der Waals surface area contributed by atoms with Crippen LogP contribution in [0.25, 0.3) is 0 Å². The largest absolute Gasteiger partial charge is 0.307 e. The number of Topliss-reactive ketones (excluding diaryl/α,β-unsaturated/α-hetero) is 1. The molecule has 1 aromatic carbocycles. The first-order chi connectivity index (χ1) is 7.27. The highest BCUT2D eigenvalue weighted by Gasteiger charge is 2.22. The van der Waals surface area contributed by atoms with E-state index in [1.54, 1.807) is 0 Å². The number of hydrogen-bond acceptors (Lipinski definition) is 2. The lowest BCUT2D eigenvalue weighted by molar-refractivity contribution is -0.120. The standard InChI is InChI=1S/C12H14INO/c13-10-5-2-1-4-9(10)8-12(15)11-6-3-7-14-11/h1-2,4-5,11,14H,3,6-8H2. The molecular weight excluding hydrogens is 301 g/mol. The minimum absolute atomic E-state index is 0.0982. The number of carbonyl (C=O) groups excluding carboxylic acids is 1. The Balaban J connectivity index is 2.02. The fraction of sp³-hybridized carbons (Fsp3) is 0.417. The third-order valence-electron chi connectivity index (χ3n) is 2.77. The topological polar surface area (TPSA) is 29.1 Å². The summed E-state index contributed by atoms with van der Waals surface area (Å²) in [6.07, 6.45) is 2.70. The van der Waals surface area contributed by atoms with Crippen molar-refractivity contribution < 1.29 is 4.79 Å². The van der Waals surface area contributed by atoms with Crippen molar-refractivity contribution in [2.45, 2.75) is 25.3 Å². The lowest BCUT2D eigenvalue weighted by Gasteiger charge is -2.09. The molecular formula is C12H14INO. The molecule has 0 aliphatic carbocycles. The summed E-state index contributed by atoms with van der Waals surface area (Å²) in [6, 6.07) is 8.18. The van der Waals surface area contributed by atoms with E-state index in [2.05, 4.69) is 27.9 Å². The summed E-state index contributed by atoms with van der Waals surface area (Å²) in [5, 5.41) is 3.24. The zero-order chi connectivity index (χ0) is 10.7. The Morgan fingerprint density at radius 3 is 2.93 bits per heavy atom. The minimum atomic E-state index is 0.0982. The lowest BCUT2D eigenvalue weighted by atomic mass is 10.0. The minimum Gasteiger partial charge on any atom is -0.307 e. The molecule has 0 saturated carbocycles. The van der Waals surface area contributed by atoms with Gasteiger partial charge >= 0.3 is 0 Å². The highest BCUT2D eigenvalue weighted by Crippen LogP contribution is 2.15. The van der Waals surface area contributed by atoms with Crippen LogP contribution in [0, 0.1) is 3.57 Å². The van der Waals surface area contributed by atoms with Gasteiger partial charge in [-0.2, -0.15) is 0 Å². The zero-order valence-electron chi connectivity index (χ0n) is 8.50. The third kappa shape index (κ3) is 2.78. The first kappa shape index (κ1) is 11.1. The van der Waals surface area contributed by atoms with Gasteiger partial charge in [0.15, 0.2) is 5.78 Å². The molecule has 3 heteroatoms. The Morgan fingerprint density at radius 2 is 2.27 bits per heavy atom. The smallest absolute Gasteiger partial charge is 0.154 e. The second-order valence-electron chi connectivity index (χ2n) is 3.88. The number of halogens is 1. The Labute approximate surface area is 104 Å². The highest BCUT2D eigenvalue weighted by molar-refractivity contribution is 14.1. The fourth-order valence-electron chi connectivity index (χ4n) is 1.91. The maximum absolute atomic E-state index is 11.9. The van der Waals surface area contributed by atoms with Gasteiger partial charge < -0.3 is 5.32 Å². The van der Waals surface area contributed by atoms with Crippen molar-refractivity contribution in [1.82, 2.24) is 5.32 Å². The quantitative estimate of drug-likeness (QED) is 0.866. The summed E-state index contributed by atoms with van der Waals surface area (Å²) in [5.74, 6) is 0.330. The van der Waals surface area contributed by atoms with Crippen LogP contribution in [0.5, 0.6) is 0 Å². The Bertz CT molecular complexity index is 358. The van der Waals surface area contributed by atoms with Crippen molar-refractivity contribution in [3.8, 4) is 0 Å². The summed E-state index contributed by atoms with van der Waals surface area (Å²) in [4.78, 5) is 11.9. The van der Waals surface area contributed by atoms with E-state index in [0.29, 0.717) is 12.2 Å². The predicted molar refractivity (Wildman–Crippen MR) is 68.9 cm³/mol. The van der Waals surface area contributed by atoms with Crippen LogP contribution in [0.2, 0.25) is 0 Å². The highest BCUT2D eigenvalue weighted by atomic mass is 127. The number of hydrogen-bond donors (Lipinski definition) is 1. The van der Waals surface area contributed by atoms with Crippen LogP contribution >= 0.6 is 22.6 Å². The van der Waals surface area contributed by atoms with Crippen molar-refractivity contribution in [3.63, 3.8) is 0 Å². The SMILES string of the molecule is O=C(Cc1ccccc1I)C1CCCN1. The molecule has 1 fully saturated rings. The van der Waals surface area contributed by atoms with Gasteiger partial charge in [-0.3, -0.25) is 4.79 Å². The van der Waals surface area contributed by atoms with Gasteiger partial charge in [0.25, 0.3) is 0 Å². The molecule has 1 aliphatic rings. The first-order valence-electron chi connectivity index (χ1n) is 5.27. The number of ketones is 1. The number of carbonyl (C=O) groups is 1. The van der Waals surface area contributed by atoms with E-state index >= 15 is 0 Å². The molecule has 0 amide bonds. The van der Waals surface area contributed by atoms with Gasteiger partial charge in [-0.1, -0.05) is 18.2 Å². The van der Waals surface area contributed by atoms with Crippen LogP contribution < -0.4 is 5.32 Å². The molecule has 1 aromatic rings. The van der Waals surface area contributed by atoms with Gasteiger partial charge in [0.05, 0.1) is 6.04 Å². The molecule has 1 aliphatic heterocycles. The van der Waals surface area contributed by atoms with Crippen LogP contribution in [0.4, 0.5) is 0 Å². The van der Waals surface area contributed by atoms with E-state index in [0.717, 1.165) is 24.9 Å². The molecule has 1 N–H and O–H groups in total. The molecule has 80 valence electrons. The van der Waals surface area contributed by atoms with Gasteiger partial charge in [0.2, 0.25) is 0 Å². The summed E-state index contributed by atoms with van der Waals surface area (Å²) in [6.45, 7) is 0.988. The molecule has 2 rings (SSSR count). The van der Waals surface area contributed by atoms with E-state index in [1.165, 1.54) is 3.57 Å². The summed E-state index contributed by atoms with van der Waals surface area (Å²) in [5.41, 5.74) is 1.15.